The van der Waals surface area contributed by atoms with Crippen LogP contribution in [0.25, 0.3) is 0 Å². The van der Waals surface area contributed by atoms with Crippen LogP contribution in [0.4, 0.5) is 0 Å². The van der Waals surface area contributed by atoms with Crippen molar-refractivity contribution in [2.24, 2.45) is 5.92 Å². The van der Waals surface area contributed by atoms with Crippen molar-refractivity contribution in [3.8, 4) is 11.5 Å². The monoisotopic (exact) mass is 264 g/mol. The molecule has 0 spiro atoms. The second-order valence-corrected chi connectivity index (χ2v) is 5.30. The maximum Gasteiger partial charge on any atom is 0.161 e. The molecule has 2 rings (SSSR count). The van der Waals surface area contributed by atoms with Crippen LogP contribution in [0.3, 0.4) is 0 Å². The first kappa shape index (κ1) is 14.2. The molecule has 1 atom stereocenters. The van der Waals surface area contributed by atoms with Crippen molar-refractivity contribution in [2.75, 3.05) is 32.8 Å². The average Bonchev–Trinajstić information content (AvgIpc) is 2.42. The first-order valence-corrected chi connectivity index (χ1v) is 7.05. The van der Waals surface area contributed by atoms with Gasteiger partial charge in [0.1, 0.15) is 12.7 Å². The Morgan fingerprint density at radius 1 is 1.16 bits per heavy atom. The minimum atomic E-state index is 0.0972. The number of hydrogen-bond donors (Lipinski definition) is 2. The standard InChI is InChI=1S/C15H24N2O2/c1-12(2)9-16-7-8-17-10-13-11-18-14-5-3-4-6-15(14)19-13/h3-6,12-13,16-17H,7-11H2,1-2H3. The lowest BCUT2D eigenvalue weighted by Gasteiger charge is -2.26. The second kappa shape index (κ2) is 7.36. The maximum absolute atomic E-state index is 5.87. The molecule has 0 radical (unpaired) electrons. The normalized spacial score (nSPS) is 17.7. The number of ether oxygens (including phenoxy) is 2. The van der Waals surface area contributed by atoms with Crippen LogP contribution in [0.2, 0.25) is 0 Å². The third kappa shape index (κ3) is 4.73. The van der Waals surface area contributed by atoms with Crippen LogP contribution < -0.4 is 20.1 Å². The van der Waals surface area contributed by atoms with E-state index in [4.69, 9.17) is 9.47 Å². The largest absolute Gasteiger partial charge is 0.486 e. The summed E-state index contributed by atoms with van der Waals surface area (Å²) in [5.41, 5.74) is 0. The molecule has 1 unspecified atom stereocenters. The Morgan fingerprint density at radius 2 is 1.89 bits per heavy atom. The van der Waals surface area contributed by atoms with Crippen LogP contribution in [0.15, 0.2) is 24.3 Å². The van der Waals surface area contributed by atoms with Crippen molar-refractivity contribution < 1.29 is 9.47 Å². The fourth-order valence-corrected chi connectivity index (χ4v) is 1.99. The molecule has 19 heavy (non-hydrogen) atoms. The molecule has 0 amide bonds. The number of fused-ring (bicyclic) bond motifs is 1. The predicted octanol–water partition coefficient (Wildman–Crippen LogP) is 1.66. The van der Waals surface area contributed by atoms with E-state index in [0.29, 0.717) is 12.5 Å². The van der Waals surface area contributed by atoms with Crippen LogP contribution in [-0.4, -0.2) is 38.9 Å². The highest BCUT2D eigenvalue weighted by Gasteiger charge is 2.19. The first-order valence-electron chi connectivity index (χ1n) is 7.05. The number of nitrogens with one attached hydrogen (secondary N) is 2. The summed E-state index contributed by atoms with van der Waals surface area (Å²) in [5, 5.41) is 6.80. The Balaban J connectivity index is 1.61. The molecule has 106 valence electrons. The van der Waals surface area contributed by atoms with Crippen molar-refractivity contribution in [3.05, 3.63) is 24.3 Å². The number of benzene rings is 1. The van der Waals surface area contributed by atoms with Gasteiger partial charge in [-0.2, -0.15) is 0 Å². The zero-order chi connectivity index (χ0) is 13.5. The van der Waals surface area contributed by atoms with Crippen LogP contribution in [0, 0.1) is 5.92 Å². The molecule has 0 saturated carbocycles. The van der Waals surface area contributed by atoms with Gasteiger partial charge in [0.2, 0.25) is 0 Å². The Hall–Kier alpha value is -1.26. The Morgan fingerprint density at radius 3 is 2.68 bits per heavy atom. The predicted molar refractivity (Wildman–Crippen MR) is 76.9 cm³/mol. The Labute approximate surface area is 115 Å². The zero-order valence-corrected chi connectivity index (χ0v) is 11.8. The highest BCUT2D eigenvalue weighted by Crippen LogP contribution is 2.30. The van der Waals surface area contributed by atoms with Gasteiger partial charge in [-0.3, -0.25) is 0 Å². The Kier molecular flexibility index (Phi) is 5.48. The van der Waals surface area contributed by atoms with E-state index in [9.17, 15) is 0 Å². The lowest BCUT2D eigenvalue weighted by Crippen LogP contribution is -2.40. The number of rotatable bonds is 7. The molecule has 2 N–H and O–H groups in total. The summed E-state index contributed by atoms with van der Waals surface area (Å²) in [6, 6.07) is 7.81. The van der Waals surface area contributed by atoms with Crippen molar-refractivity contribution in [2.45, 2.75) is 20.0 Å². The molecule has 1 aromatic carbocycles. The maximum atomic E-state index is 5.87. The summed E-state index contributed by atoms with van der Waals surface area (Å²) in [7, 11) is 0. The van der Waals surface area contributed by atoms with Crippen LogP contribution >= 0.6 is 0 Å². The molecule has 0 saturated heterocycles. The molecule has 0 aliphatic carbocycles. The molecule has 1 heterocycles. The molecule has 0 bridgehead atoms. The van der Waals surface area contributed by atoms with E-state index in [-0.39, 0.29) is 6.10 Å². The fraction of sp³-hybridized carbons (Fsp3) is 0.600. The zero-order valence-electron chi connectivity index (χ0n) is 11.8. The molecule has 1 aliphatic heterocycles. The number of para-hydroxylation sites is 2. The lowest BCUT2D eigenvalue weighted by molar-refractivity contribution is 0.0906. The van der Waals surface area contributed by atoms with Gasteiger partial charge in [-0.15, -0.1) is 0 Å². The van der Waals surface area contributed by atoms with E-state index >= 15 is 0 Å². The minimum absolute atomic E-state index is 0.0972. The molecule has 4 nitrogen and oxygen atoms in total. The first-order chi connectivity index (χ1) is 9.25. The molecule has 0 fully saturated rings. The third-order valence-electron chi connectivity index (χ3n) is 2.97. The highest BCUT2D eigenvalue weighted by atomic mass is 16.6. The summed E-state index contributed by atoms with van der Waals surface area (Å²) in [5.74, 6) is 2.39. The summed E-state index contributed by atoms with van der Waals surface area (Å²) in [6.45, 7) is 8.87. The van der Waals surface area contributed by atoms with Gasteiger partial charge < -0.3 is 20.1 Å². The summed E-state index contributed by atoms with van der Waals surface area (Å²) >= 11 is 0. The van der Waals surface area contributed by atoms with Crippen molar-refractivity contribution in [3.63, 3.8) is 0 Å². The van der Waals surface area contributed by atoms with Gasteiger partial charge in [-0.1, -0.05) is 26.0 Å². The van der Waals surface area contributed by atoms with Gasteiger partial charge in [0.15, 0.2) is 11.5 Å². The van der Waals surface area contributed by atoms with E-state index in [1.54, 1.807) is 0 Å². The van der Waals surface area contributed by atoms with Crippen LogP contribution in [0.5, 0.6) is 11.5 Å². The van der Waals surface area contributed by atoms with E-state index in [1.807, 2.05) is 24.3 Å². The van der Waals surface area contributed by atoms with E-state index in [1.165, 1.54) is 0 Å². The lowest BCUT2D eigenvalue weighted by atomic mass is 10.2. The fourth-order valence-electron chi connectivity index (χ4n) is 1.99. The third-order valence-corrected chi connectivity index (χ3v) is 2.97. The molecule has 1 aromatic rings. The smallest absolute Gasteiger partial charge is 0.161 e. The molecular formula is C15H24N2O2. The van der Waals surface area contributed by atoms with Crippen molar-refractivity contribution in [1.82, 2.24) is 10.6 Å². The van der Waals surface area contributed by atoms with Gasteiger partial charge in [-0.25, -0.2) is 0 Å². The topological polar surface area (TPSA) is 42.5 Å². The van der Waals surface area contributed by atoms with Gasteiger partial charge in [0.25, 0.3) is 0 Å². The number of hydrogen-bond acceptors (Lipinski definition) is 4. The second-order valence-electron chi connectivity index (χ2n) is 5.30. The summed E-state index contributed by atoms with van der Waals surface area (Å²) in [4.78, 5) is 0. The molecule has 4 heteroatoms. The van der Waals surface area contributed by atoms with Crippen LogP contribution in [0.1, 0.15) is 13.8 Å². The Bertz CT molecular complexity index is 382. The van der Waals surface area contributed by atoms with Gasteiger partial charge in [-0.05, 0) is 24.6 Å². The molecular weight excluding hydrogens is 240 g/mol. The van der Waals surface area contributed by atoms with Crippen LogP contribution in [-0.2, 0) is 0 Å². The quantitative estimate of drug-likeness (QED) is 0.735. The van der Waals surface area contributed by atoms with Gasteiger partial charge in [0, 0.05) is 19.6 Å². The van der Waals surface area contributed by atoms with E-state index < -0.39 is 0 Å². The van der Waals surface area contributed by atoms with E-state index in [0.717, 1.165) is 37.7 Å². The van der Waals surface area contributed by atoms with Crippen molar-refractivity contribution >= 4 is 0 Å². The average molecular weight is 264 g/mol. The summed E-state index contributed by atoms with van der Waals surface area (Å²) in [6.07, 6.45) is 0.0972. The summed E-state index contributed by atoms with van der Waals surface area (Å²) < 4.78 is 11.5. The van der Waals surface area contributed by atoms with Gasteiger partial charge in [0.05, 0.1) is 0 Å². The molecule has 0 aromatic heterocycles. The highest BCUT2D eigenvalue weighted by molar-refractivity contribution is 5.40. The minimum Gasteiger partial charge on any atom is -0.486 e. The SMILES string of the molecule is CC(C)CNCCNCC1COc2ccccc2O1. The van der Waals surface area contributed by atoms with Gasteiger partial charge >= 0.3 is 0 Å². The van der Waals surface area contributed by atoms with E-state index in [2.05, 4.69) is 24.5 Å². The van der Waals surface area contributed by atoms with Crippen molar-refractivity contribution in [1.29, 1.82) is 0 Å². The molecule has 1 aliphatic rings.